The third-order valence-corrected chi connectivity index (χ3v) is 3.51. The normalized spacial score (nSPS) is 11.0. The summed E-state index contributed by atoms with van der Waals surface area (Å²) in [5, 5.41) is 18.0. The Kier molecular flexibility index (Phi) is 5.33. The Morgan fingerprint density at radius 1 is 0.800 bits per heavy atom. The van der Waals surface area contributed by atoms with Crippen molar-refractivity contribution < 1.29 is 10.2 Å². The quantitative estimate of drug-likeness (QED) is 0.792. The van der Waals surface area contributed by atoms with Crippen molar-refractivity contribution in [3.05, 3.63) is 70.8 Å². The van der Waals surface area contributed by atoms with Crippen molar-refractivity contribution >= 4 is 0 Å². The van der Waals surface area contributed by atoms with Gasteiger partial charge in [-0.3, -0.25) is 0 Å². The van der Waals surface area contributed by atoms with Gasteiger partial charge in [0.05, 0.1) is 0 Å². The van der Waals surface area contributed by atoms with E-state index in [-0.39, 0.29) is 0 Å². The highest BCUT2D eigenvalue weighted by Crippen LogP contribution is 2.12. The van der Waals surface area contributed by atoms with E-state index < -0.39 is 6.29 Å². The SMILES string of the molecule is CCc1cccc(CCc2cccc(CC(O)O)c2)c1. The lowest BCUT2D eigenvalue weighted by molar-refractivity contribution is -0.0381. The number of hydrogen-bond acceptors (Lipinski definition) is 2. The Bertz CT molecular complexity index is 547. The van der Waals surface area contributed by atoms with Crippen molar-refractivity contribution in [3.8, 4) is 0 Å². The van der Waals surface area contributed by atoms with Crippen LogP contribution in [0, 0.1) is 0 Å². The van der Waals surface area contributed by atoms with E-state index in [0.717, 1.165) is 24.8 Å². The van der Waals surface area contributed by atoms with Crippen LogP contribution in [0.25, 0.3) is 0 Å². The average Bonchev–Trinajstić information content (AvgIpc) is 2.45. The van der Waals surface area contributed by atoms with Crippen LogP contribution in [0.4, 0.5) is 0 Å². The maximum absolute atomic E-state index is 9.02. The fourth-order valence-corrected chi connectivity index (χ4v) is 2.42. The minimum atomic E-state index is -1.27. The minimum absolute atomic E-state index is 0.291. The lowest BCUT2D eigenvalue weighted by Crippen LogP contribution is -2.08. The molecule has 0 aromatic heterocycles. The van der Waals surface area contributed by atoms with Crippen molar-refractivity contribution in [2.45, 2.75) is 38.9 Å². The van der Waals surface area contributed by atoms with Gasteiger partial charge in [-0.15, -0.1) is 0 Å². The number of rotatable bonds is 6. The highest BCUT2D eigenvalue weighted by molar-refractivity contribution is 5.27. The van der Waals surface area contributed by atoms with Crippen LogP contribution in [0.2, 0.25) is 0 Å². The maximum Gasteiger partial charge on any atom is 0.155 e. The fourth-order valence-electron chi connectivity index (χ4n) is 2.42. The summed E-state index contributed by atoms with van der Waals surface area (Å²) in [6.45, 7) is 2.17. The third kappa shape index (κ3) is 4.48. The van der Waals surface area contributed by atoms with Crippen LogP contribution >= 0.6 is 0 Å². The molecule has 0 fully saturated rings. The van der Waals surface area contributed by atoms with E-state index in [1.165, 1.54) is 16.7 Å². The van der Waals surface area contributed by atoms with Gasteiger partial charge in [0.25, 0.3) is 0 Å². The lowest BCUT2D eigenvalue weighted by atomic mass is 10.00. The van der Waals surface area contributed by atoms with Crippen LogP contribution in [-0.2, 0) is 25.7 Å². The van der Waals surface area contributed by atoms with Gasteiger partial charge < -0.3 is 10.2 Å². The molecule has 0 saturated carbocycles. The van der Waals surface area contributed by atoms with Crippen molar-refractivity contribution in [1.29, 1.82) is 0 Å². The summed E-state index contributed by atoms with van der Waals surface area (Å²) in [5.41, 5.74) is 4.95. The second-order valence-electron chi connectivity index (χ2n) is 5.18. The van der Waals surface area contributed by atoms with Gasteiger partial charge in [0.2, 0.25) is 0 Å². The second kappa shape index (κ2) is 7.22. The predicted octanol–water partition coefficient (Wildman–Crippen LogP) is 2.89. The molecule has 2 heteroatoms. The summed E-state index contributed by atoms with van der Waals surface area (Å²) in [5.74, 6) is 0. The van der Waals surface area contributed by atoms with Gasteiger partial charge in [-0.1, -0.05) is 55.5 Å². The van der Waals surface area contributed by atoms with E-state index in [1.54, 1.807) is 0 Å². The number of aliphatic hydroxyl groups is 2. The molecule has 2 aromatic carbocycles. The number of hydrogen-bond donors (Lipinski definition) is 2. The monoisotopic (exact) mass is 270 g/mol. The van der Waals surface area contributed by atoms with Gasteiger partial charge in [-0.05, 0) is 41.5 Å². The van der Waals surface area contributed by atoms with Crippen LogP contribution in [-0.4, -0.2) is 16.5 Å². The van der Waals surface area contributed by atoms with E-state index >= 15 is 0 Å². The smallest absolute Gasteiger partial charge is 0.155 e. The molecule has 0 amide bonds. The van der Waals surface area contributed by atoms with Crippen LogP contribution in [0.5, 0.6) is 0 Å². The molecule has 0 heterocycles. The molecule has 0 radical (unpaired) electrons. The second-order valence-corrected chi connectivity index (χ2v) is 5.18. The molecule has 2 aromatic rings. The fraction of sp³-hybridized carbons (Fsp3) is 0.333. The first kappa shape index (κ1) is 14.8. The number of aryl methyl sites for hydroxylation is 3. The number of aliphatic hydroxyl groups excluding tert-OH is 1. The first-order chi connectivity index (χ1) is 9.67. The molecule has 0 unspecified atom stereocenters. The van der Waals surface area contributed by atoms with Gasteiger partial charge in [-0.25, -0.2) is 0 Å². The minimum Gasteiger partial charge on any atom is -0.368 e. The molecule has 106 valence electrons. The molecule has 2 rings (SSSR count). The van der Waals surface area contributed by atoms with E-state index in [1.807, 2.05) is 12.1 Å². The molecule has 20 heavy (non-hydrogen) atoms. The van der Waals surface area contributed by atoms with Crippen LogP contribution in [0.3, 0.4) is 0 Å². The molecular weight excluding hydrogens is 248 g/mol. The molecular formula is C18H22O2. The zero-order chi connectivity index (χ0) is 14.4. The van der Waals surface area contributed by atoms with Crippen molar-refractivity contribution in [3.63, 3.8) is 0 Å². The Labute approximate surface area is 120 Å². The van der Waals surface area contributed by atoms with Crippen LogP contribution in [0.15, 0.2) is 48.5 Å². The van der Waals surface area contributed by atoms with Crippen molar-refractivity contribution in [2.24, 2.45) is 0 Å². The lowest BCUT2D eigenvalue weighted by Gasteiger charge is -2.07. The molecule has 0 aliphatic carbocycles. The van der Waals surface area contributed by atoms with E-state index in [4.69, 9.17) is 10.2 Å². The Morgan fingerprint density at radius 2 is 1.30 bits per heavy atom. The molecule has 2 N–H and O–H groups in total. The van der Waals surface area contributed by atoms with Crippen molar-refractivity contribution in [2.75, 3.05) is 0 Å². The van der Waals surface area contributed by atoms with Gasteiger partial charge in [-0.2, -0.15) is 0 Å². The maximum atomic E-state index is 9.02. The predicted molar refractivity (Wildman–Crippen MR) is 81.6 cm³/mol. The van der Waals surface area contributed by atoms with Crippen LogP contribution < -0.4 is 0 Å². The van der Waals surface area contributed by atoms with Crippen molar-refractivity contribution in [1.82, 2.24) is 0 Å². The summed E-state index contributed by atoms with van der Waals surface area (Å²) in [7, 11) is 0. The topological polar surface area (TPSA) is 40.5 Å². The molecule has 0 spiro atoms. The van der Waals surface area contributed by atoms with Gasteiger partial charge in [0.1, 0.15) is 0 Å². The molecule has 2 nitrogen and oxygen atoms in total. The Morgan fingerprint density at radius 3 is 1.85 bits per heavy atom. The van der Waals surface area contributed by atoms with Gasteiger partial charge in [0, 0.05) is 6.42 Å². The molecule has 0 saturated heterocycles. The molecule has 0 aliphatic rings. The Balaban J connectivity index is 1.99. The molecule has 0 aliphatic heterocycles. The number of benzene rings is 2. The van der Waals surface area contributed by atoms with E-state index in [0.29, 0.717) is 6.42 Å². The highest BCUT2D eigenvalue weighted by atomic mass is 16.5. The van der Waals surface area contributed by atoms with Gasteiger partial charge >= 0.3 is 0 Å². The largest absolute Gasteiger partial charge is 0.368 e. The molecule has 0 atom stereocenters. The first-order valence-corrected chi connectivity index (χ1v) is 7.19. The van der Waals surface area contributed by atoms with E-state index in [9.17, 15) is 0 Å². The summed E-state index contributed by atoms with van der Waals surface area (Å²) < 4.78 is 0. The summed E-state index contributed by atoms with van der Waals surface area (Å²) in [4.78, 5) is 0. The van der Waals surface area contributed by atoms with Crippen LogP contribution in [0.1, 0.15) is 29.2 Å². The molecule has 0 bridgehead atoms. The first-order valence-electron chi connectivity index (χ1n) is 7.19. The summed E-state index contributed by atoms with van der Waals surface area (Å²) in [6, 6.07) is 16.8. The highest BCUT2D eigenvalue weighted by Gasteiger charge is 2.02. The zero-order valence-corrected chi connectivity index (χ0v) is 11.9. The Hall–Kier alpha value is -1.64. The van der Waals surface area contributed by atoms with E-state index in [2.05, 4.69) is 43.3 Å². The summed E-state index contributed by atoms with van der Waals surface area (Å²) in [6.07, 6.45) is 2.07. The zero-order valence-electron chi connectivity index (χ0n) is 11.9. The third-order valence-electron chi connectivity index (χ3n) is 3.51. The average molecular weight is 270 g/mol. The standard InChI is InChI=1S/C18H22O2/c1-2-14-5-3-6-15(11-14)9-10-16-7-4-8-17(12-16)13-18(19)20/h3-8,11-12,18-20H,2,9-10,13H2,1H3. The summed E-state index contributed by atoms with van der Waals surface area (Å²) >= 11 is 0. The van der Waals surface area contributed by atoms with Gasteiger partial charge in [0.15, 0.2) is 6.29 Å².